The van der Waals surface area contributed by atoms with Gasteiger partial charge in [0, 0.05) is 19.7 Å². The zero-order valence-corrected chi connectivity index (χ0v) is 14.9. The smallest absolute Gasteiger partial charge is 0.138 e. The van der Waals surface area contributed by atoms with Crippen LogP contribution in [-0.2, 0) is 11.3 Å². The van der Waals surface area contributed by atoms with E-state index in [1.54, 1.807) is 18.4 Å². The van der Waals surface area contributed by atoms with Crippen molar-refractivity contribution in [2.75, 3.05) is 26.3 Å². The third-order valence-electron chi connectivity index (χ3n) is 4.18. The van der Waals surface area contributed by atoms with Gasteiger partial charge >= 0.3 is 0 Å². The molecule has 6 heteroatoms. The van der Waals surface area contributed by atoms with Crippen molar-refractivity contribution in [1.82, 2.24) is 4.90 Å². The van der Waals surface area contributed by atoms with Gasteiger partial charge in [0.1, 0.15) is 24.2 Å². The van der Waals surface area contributed by atoms with Crippen molar-refractivity contribution in [2.45, 2.75) is 31.6 Å². The third kappa shape index (κ3) is 5.75. The maximum Gasteiger partial charge on any atom is 0.138 e. The number of aliphatic hydroxyl groups excluding tert-OH is 1. The van der Waals surface area contributed by atoms with Crippen LogP contribution in [0.3, 0.4) is 0 Å². The molecule has 136 valence electrons. The highest BCUT2D eigenvalue weighted by molar-refractivity contribution is 6.32. The second-order valence-corrected chi connectivity index (χ2v) is 6.71. The van der Waals surface area contributed by atoms with Crippen molar-refractivity contribution >= 4 is 11.6 Å². The molecule has 25 heavy (non-hydrogen) atoms. The van der Waals surface area contributed by atoms with E-state index in [1.165, 1.54) is 0 Å². The lowest BCUT2D eigenvalue weighted by atomic mass is 10.2. The van der Waals surface area contributed by atoms with Crippen LogP contribution < -0.4 is 4.74 Å². The molecule has 1 aromatic heterocycles. The predicted molar refractivity (Wildman–Crippen MR) is 95.9 cm³/mol. The number of aliphatic hydroxyl groups is 1. The van der Waals surface area contributed by atoms with Gasteiger partial charge in [-0.15, -0.1) is 0 Å². The van der Waals surface area contributed by atoms with Gasteiger partial charge in [-0.25, -0.2) is 0 Å². The molecule has 1 aromatic carbocycles. The molecule has 2 aromatic rings. The normalized spacial score (nSPS) is 18.6. The molecule has 0 saturated carbocycles. The summed E-state index contributed by atoms with van der Waals surface area (Å²) in [5.74, 6) is 1.46. The summed E-state index contributed by atoms with van der Waals surface area (Å²) in [5, 5.41) is 10.9. The third-order valence-corrected chi connectivity index (χ3v) is 4.49. The number of furan rings is 1. The summed E-state index contributed by atoms with van der Waals surface area (Å²) >= 11 is 6.08. The van der Waals surface area contributed by atoms with Crippen molar-refractivity contribution in [2.24, 2.45) is 0 Å². The molecule has 1 aliphatic heterocycles. The quantitative estimate of drug-likeness (QED) is 0.738. The molecule has 2 heterocycles. The highest BCUT2D eigenvalue weighted by Crippen LogP contribution is 2.23. The molecule has 2 atom stereocenters. The van der Waals surface area contributed by atoms with E-state index in [0.29, 0.717) is 23.9 Å². The first-order valence-electron chi connectivity index (χ1n) is 8.62. The fraction of sp³-hybridized carbons (Fsp3) is 0.474. The number of ether oxygens (including phenoxy) is 2. The molecular weight excluding hydrogens is 342 g/mol. The molecule has 1 fully saturated rings. The van der Waals surface area contributed by atoms with E-state index in [-0.39, 0.29) is 12.7 Å². The van der Waals surface area contributed by atoms with Gasteiger partial charge in [0.05, 0.1) is 23.9 Å². The van der Waals surface area contributed by atoms with Crippen LogP contribution in [0.5, 0.6) is 5.75 Å². The Kier molecular flexibility index (Phi) is 6.76. The Bertz CT molecular complexity index is 628. The van der Waals surface area contributed by atoms with E-state index in [1.807, 2.05) is 24.3 Å². The van der Waals surface area contributed by atoms with Crippen LogP contribution in [0.25, 0.3) is 0 Å². The minimum Gasteiger partial charge on any atom is -0.489 e. The Balaban J connectivity index is 1.53. The number of benzene rings is 1. The first-order valence-corrected chi connectivity index (χ1v) is 9.00. The molecule has 0 radical (unpaired) electrons. The molecular formula is C19H24ClNO4. The van der Waals surface area contributed by atoms with Gasteiger partial charge in [0.2, 0.25) is 0 Å². The summed E-state index contributed by atoms with van der Waals surface area (Å²) < 4.78 is 16.8. The molecule has 0 bridgehead atoms. The highest BCUT2D eigenvalue weighted by atomic mass is 35.5. The second-order valence-electron chi connectivity index (χ2n) is 6.30. The van der Waals surface area contributed by atoms with Gasteiger partial charge in [-0.2, -0.15) is 0 Å². The Hall–Kier alpha value is -1.53. The van der Waals surface area contributed by atoms with E-state index in [2.05, 4.69) is 4.90 Å². The Morgan fingerprint density at radius 3 is 2.88 bits per heavy atom. The SMILES string of the molecule is OC(COc1ccccc1Cl)CN(Cc1ccco1)CC1CCCO1. The second kappa shape index (κ2) is 9.25. The molecule has 0 spiro atoms. The molecule has 1 N–H and O–H groups in total. The summed E-state index contributed by atoms with van der Waals surface area (Å²) in [5.41, 5.74) is 0. The van der Waals surface area contributed by atoms with E-state index >= 15 is 0 Å². The molecule has 5 nitrogen and oxygen atoms in total. The van der Waals surface area contributed by atoms with Gasteiger partial charge in [0.15, 0.2) is 0 Å². The largest absolute Gasteiger partial charge is 0.489 e. The Morgan fingerprint density at radius 1 is 1.28 bits per heavy atom. The number of halogens is 1. The summed E-state index contributed by atoms with van der Waals surface area (Å²) in [6.45, 7) is 2.88. The van der Waals surface area contributed by atoms with Crippen LogP contribution in [0.1, 0.15) is 18.6 Å². The number of rotatable bonds is 9. The molecule has 2 unspecified atom stereocenters. The summed E-state index contributed by atoms with van der Waals surface area (Å²) in [4.78, 5) is 2.15. The van der Waals surface area contributed by atoms with Crippen LogP contribution in [-0.4, -0.2) is 48.5 Å². The standard InChI is InChI=1S/C19H24ClNO4/c20-18-7-1-2-8-19(18)25-14-15(22)11-21(12-16-5-3-9-23-16)13-17-6-4-10-24-17/h1-3,5,7-9,15,17,22H,4,6,10-14H2. The lowest BCUT2D eigenvalue weighted by Crippen LogP contribution is -2.39. The molecule has 3 rings (SSSR count). The number of hydrogen-bond acceptors (Lipinski definition) is 5. The van der Waals surface area contributed by atoms with Crippen molar-refractivity contribution in [1.29, 1.82) is 0 Å². The Morgan fingerprint density at radius 2 is 2.16 bits per heavy atom. The summed E-state index contributed by atoms with van der Waals surface area (Å²) in [6.07, 6.45) is 3.40. The fourth-order valence-corrected chi connectivity index (χ4v) is 3.19. The number of para-hydroxylation sites is 1. The van der Waals surface area contributed by atoms with E-state index in [9.17, 15) is 5.11 Å². The first kappa shape index (κ1) is 18.3. The molecule has 0 amide bonds. The van der Waals surface area contributed by atoms with Gasteiger partial charge in [0.25, 0.3) is 0 Å². The lowest BCUT2D eigenvalue weighted by Gasteiger charge is -2.26. The highest BCUT2D eigenvalue weighted by Gasteiger charge is 2.22. The van der Waals surface area contributed by atoms with Crippen molar-refractivity contribution < 1.29 is 19.0 Å². The zero-order valence-electron chi connectivity index (χ0n) is 14.1. The average Bonchev–Trinajstić information content (AvgIpc) is 3.28. The van der Waals surface area contributed by atoms with Crippen LogP contribution in [0.2, 0.25) is 5.02 Å². The van der Waals surface area contributed by atoms with Crippen LogP contribution in [0, 0.1) is 0 Å². The van der Waals surface area contributed by atoms with Gasteiger partial charge in [-0.3, -0.25) is 4.90 Å². The molecule has 1 saturated heterocycles. The predicted octanol–water partition coefficient (Wildman–Crippen LogP) is 3.35. The minimum absolute atomic E-state index is 0.184. The summed E-state index contributed by atoms with van der Waals surface area (Å²) in [6, 6.07) is 11.1. The zero-order chi connectivity index (χ0) is 17.5. The van der Waals surface area contributed by atoms with Gasteiger partial charge < -0.3 is 19.0 Å². The topological polar surface area (TPSA) is 55.1 Å². The molecule has 0 aliphatic carbocycles. The van der Waals surface area contributed by atoms with Gasteiger partial charge in [-0.05, 0) is 37.1 Å². The van der Waals surface area contributed by atoms with Crippen LogP contribution in [0.15, 0.2) is 47.1 Å². The maximum atomic E-state index is 10.4. The van der Waals surface area contributed by atoms with E-state index in [0.717, 1.165) is 31.8 Å². The van der Waals surface area contributed by atoms with E-state index < -0.39 is 6.10 Å². The van der Waals surface area contributed by atoms with Crippen LogP contribution >= 0.6 is 11.6 Å². The molecule has 1 aliphatic rings. The fourth-order valence-electron chi connectivity index (χ4n) is 3.00. The average molecular weight is 366 g/mol. The van der Waals surface area contributed by atoms with Gasteiger partial charge in [-0.1, -0.05) is 23.7 Å². The lowest BCUT2D eigenvalue weighted by molar-refractivity contribution is 0.0290. The van der Waals surface area contributed by atoms with Crippen LogP contribution in [0.4, 0.5) is 0 Å². The van der Waals surface area contributed by atoms with E-state index in [4.69, 9.17) is 25.5 Å². The minimum atomic E-state index is -0.632. The summed E-state index contributed by atoms with van der Waals surface area (Å²) in [7, 11) is 0. The first-order chi connectivity index (χ1) is 12.2. The number of hydrogen-bond donors (Lipinski definition) is 1. The monoisotopic (exact) mass is 365 g/mol. The number of nitrogens with zero attached hydrogens (tertiary/aromatic N) is 1. The Labute approximate surface area is 153 Å². The van der Waals surface area contributed by atoms with Crippen molar-refractivity contribution in [3.8, 4) is 5.75 Å². The van der Waals surface area contributed by atoms with Crippen molar-refractivity contribution in [3.05, 3.63) is 53.4 Å². The van der Waals surface area contributed by atoms with Crippen molar-refractivity contribution in [3.63, 3.8) is 0 Å². The maximum absolute atomic E-state index is 10.4.